The number of rotatable bonds is 9. The van der Waals surface area contributed by atoms with Gasteiger partial charge in [-0.15, -0.1) is 0 Å². The number of nitro groups is 1. The zero-order valence-electron chi connectivity index (χ0n) is 33.2. The van der Waals surface area contributed by atoms with Gasteiger partial charge in [-0.3, -0.25) is 10.1 Å². The number of nitrogens with one attached hydrogen (secondary N) is 1. The molecule has 5 heterocycles. The van der Waals surface area contributed by atoms with Crippen molar-refractivity contribution in [1.29, 1.82) is 0 Å². The highest BCUT2D eigenvalue weighted by molar-refractivity contribution is 9.10. The lowest BCUT2D eigenvalue weighted by atomic mass is 9.58. The standard InChI is InChI=1S/C39H40BrN7O12S2/c1-37(2,3)59-34(49)41-32-21-43(61(56,57)31-13-9-8-12-30(31)47(52)53)19-28-29-20-44(60(54,55)27-16-14-26(40)15-17-27)23-39(29)25(22-58-33(48)24-10-6-5-7-11-24)18-38(28,32)45-35(50)42(4)36(51)46(39)45/h5-17,25,32H,18-23H2,1-4H3,(H,41,49). The molecule has 0 saturated carbocycles. The zero-order chi connectivity index (χ0) is 44.0. The van der Waals surface area contributed by atoms with Crippen LogP contribution in [0.15, 0.2) is 114 Å². The number of nitro benzene ring substituents is 1. The number of benzene rings is 3. The maximum atomic E-state index is 14.7. The Balaban J connectivity index is 1.39. The maximum absolute atomic E-state index is 14.7. The van der Waals surface area contributed by atoms with E-state index in [0.29, 0.717) is 4.47 Å². The van der Waals surface area contributed by atoms with Crippen LogP contribution in [0.5, 0.6) is 0 Å². The van der Waals surface area contributed by atoms with E-state index >= 15 is 0 Å². The summed E-state index contributed by atoms with van der Waals surface area (Å²) in [5, 5.41) is 14.9. The highest BCUT2D eigenvalue weighted by atomic mass is 79.9. The number of carbonyl (C=O) groups excluding carboxylic acids is 2. The Kier molecular flexibility index (Phi) is 10.1. The number of fused-ring (bicyclic) bond motifs is 1. The molecular formula is C39H40BrN7O12S2. The molecule has 2 spiro atoms. The van der Waals surface area contributed by atoms with Crippen LogP contribution in [0.1, 0.15) is 37.6 Å². The summed E-state index contributed by atoms with van der Waals surface area (Å²) in [7, 11) is -7.93. The molecule has 0 radical (unpaired) electrons. The summed E-state index contributed by atoms with van der Waals surface area (Å²) in [4.78, 5) is 67.0. The highest BCUT2D eigenvalue weighted by Gasteiger charge is 2.71. The summed E-state index contributed by atoms with van der Waals surface area (Å²) in [6.45, 7) is 2.44. The van der Waals surface area contributed by atoms with Crippen LogP contribution in [0.3, 0.4) is 0 Å². The van der Waals surface area contributed by atoms with Crippen molar-refractivity contribution in [3.63, 3.8) is 0 Å². The number of amides is 1. The van der Waals surface area contributed by atoms with E-state index in [9.17, 15) is 46.1 Å². The topological polar surface area (TPSA) is 231 Å². The lowest BCUT2D eigenvalue weighted by Crippen LogP contribution is -2.76. The van der Waals surface area contributed by atoms with Crippen LogP contribution < -0.4 is 16.7 Å². The van der Waals surface area contributed by atoms with E-state index in [1.807, 2.05) is 0 Å². The number of aromatic nitrogens is 3. The van der Waals surface area contributed by atoms with Gasteiger partial charge in [0.15, 0.2) is 4.90 Å². The lowest BCUT2D eigenvalue weighted by Gasteiger charge is -2.62. The minimum atomic E-state index is -4.79. The minimum Gasteiger partial charge on any atom is -0.462 e. The monoisotopic (exact) mass is 941 g/mol. The Hall–Kier alpha value is -5.42. The predicted octanol–water partition coefficient (Wildman–Crippen LogP) is 2.90. The van der Waals surface area contributed by atoms with Gasteiger partial charge < -0.3 is 14.8 Å². The van der Waals surface area contributed by atoms with Gasteiger partial charge in [0.25, 0.3) is 5.69 Å². The molecule has 19 nitrogen and oxygen atoms in total. The molecule has 4 aromatic rings. The average Bonchev–Trinajstić information content (AvgIpc) is 3.73. The molecule has 1 aromatic heterocycles. The number of hydrogen-bond acceptors (Lipinski definition) is 12. The molecule has 61 heavy (non-hydrogen) atoms. The summed E-state index contributed by atoms with van der Waals surface area (Å²) in [6.07, 6.45) is -1.18. The van der Waals surface area contributed by atoms with Crippen LogP contribution >= 0.6 is 15.9 Å². The molecule has 4 atom stereocenters. The molecule has 2 saturated heterocycles. The van der Waals surface area contributed by atoms with Crippen molar-refractivity contribution in [1.82, 2.24) is 27.9 Å². The fraction of sp³-hybridized carbons (Fsp3) is 0.385. The second-order valence-corrected chi connectivity index (χ2v) is 21.1. The number of nitrogens with zero attached hydrogens (tertiary/aromatic N) is 6. The predicted molar refractivity (Wildman–Crippen MR) is 220 cm³/mol. The molecule has 2 bridgehead atoms. The molecule has 3 aromatic carbocycles. The number of para-hydroxylation sites is 1. The fourth-order valence-corrected chi connectivity index (χ4v) is 12.5. The molecule has 22 heteroatoms. The summed E-state index contributed by atoms with van der Waals surface area (Å²) in [5.74, 6) is -1.67. The zero-order valence-corrected chi connectivity index (χ0v) is 36.4. The van der Waals surface area contributed by atoms with E-state index < -0.39 is 120 Å². The average molecular weight is 943 g/mol. The smallest absolute Gasteiger partial charge is 0.408 e. The van der Waals surface area contributed by atoms with Gasteiger partial charge in [-0.05, 0) is 80.8 Å². The first-order valence-corrected chi connectivity index (χ1v) is 22.7. The number of esters is 1. The molecule has 5 aliphatic rings. The second kappa shape index (κ2) is 14.6. The van der Waals surface area contributed by atoms with Gasteiger partial charge in [0, 0.05) is 49.7 Å². The Labute approximate surface area is 357 Å². The fourth-order valence-electron chi connectivity index (χ4n) is 9.26. The van der Waals surface area contributed by atoms with Crippen molar-refractivity contribution >= 4 is 53.7 Å². The van der Waals surface area contributed by atoms with Crippen LogP contribution in [-0.4, -0.2) is 101 Å². The number of carbonyl (C=O) groups is 2. The molecule has 1 N–H and O–H groups in total. The largest absolute Gasteiger partial charge is 0.462 e. The quantitative estimate of drug-likeness (QED) is 0.111. The van der Waals surface area contributed by atoms with Gasteiger partial charge in [-0.2, -0.15) is 8.61 Å². The Bertz CT molecular complexity index is 2890. The highest BCUT2D eigenvalue weighted by Crippen LogP contribution is 2.60. The van der Waals surface area contributed by atoms with Crippen LogP contribution in [0.25, 0.3) is 0 Å². The molecule has 9 rings (SSSR count). The van der Waals surface area contributed by atoms with E-state index in [2.05, 4.69) is 21.2 Å². The first kappa shape index (κ1) is 42.3. The normalized spacial score (nSPS) is 23.8. The van der Waals surface area contributed by atoms with Crippen molar-refractivity contribution in [3.8, 4) is 0 Å². The van der Waals surface area contributed by atoms with Crippen molar-refractivity contribution < 1.29 is 40.8 Å². The van der Waals surface area contributed by atoms with Crippen molar-refractivity contribution in [2.75, 3.05) is 32.8 Å². The van der Waals surface area contributed by atoms with Crippen LogP contribution in [0.2, 0.25) is 0 Å². The lowest BCUT2D eigenvalue weighted by molar-refractivity contribution is -0.387. The summed E-state index contributed by atoms with van der Waals surface area (Å²) < 4.78 is 76.0. The number of halogens is 1. The Morgan fingerprint density at radius 1 is 0.869 bits per heavy atom. The summed E-state index contributed by atoms with van der Waals surface area (Å²) >= 11 is 3.33. The van der Waals surface area contributed by atoms with Gasteiger partial charge in [0.1, 0.15) is 16.7 Å². The third kappa shape index (κ3) is 6.57. The molecule has 1 amide bonds. The Morgan fingerprint density at radius 2 is 1.46 bits per heavy atom. The van der Waals surface area contributed by atoms with Gasteiger partial charge >= 0.3 is 23.4 Å². The number of hydrogen-bond donors (Lipinski definition) is 1. The van der Waals surface area contributed by atoms with Crippen LogP contribution in [0.4, 0.5) is 10.5 Å². The van der Waals surface area contributed by atoms with Gasteiger partial charge in [0.2, 0.25) is 20.0 Å². The van der Waals surface area contributed by atoms with E-state index in [-0.39, 0.29) is 28.0 Å². The minimum absolute atomic E-state index is 0.0980. The molecule has 4 aliphatic heterocycles. The van der Waals surface area contributed by atoms with Crippen LogP contribution in [-0.2, 0) is 47.6 Å². The molecule has 322 valence electrons. The van der Waals surface area contributed by atoms with E-state index in [1.54, 1.807) is 63.2 Å². The second-order valence-electron chi connectivity index (χ2n) is 16.4. The van der Waals surface area contributed by atoms with Gasteiger partial charge in [0.05, 0.1) is 28.0 Å². The molecule has 4 unspecified atom stereocenters. The number of alkyl carbamates (subject to hydrolysis) is 1. The van der Waals surface area contributed by atoms with E-state index in [0.717, 1.165) is 30.0 Å². The molecular weight excluding hydrogens is 903 g/mol. The first-order valence-electron chi connectivity index (χ1n) is 19.0. The van der Waals surface area contributed by atoms with Gasteiger partial charge in [-0.25, -0.2) is 49.9 Å². The molecule has 1 aliphatic carbocycles. The third-order valence-electron chi connectivity index (χ3n) is 11.8. The van der Waals surface area contributed by atoms with E-state index in [4.69, 9.17) is 9.47 Å². The van der Waals surface area contributed by atoms with Crippen molar-refractivity contribution in [2.45, 2.75) is 59.7 Å². The van der Waals surface area contributed by atoms with Crippen molar-refractivity contribution in [2.24, 2.45) is 13.0 Å². The maximum Gasteiger partial charge on any atom is 0.408 e. The first-order chi connectivity index (χ1) is 28.6. The van der Waals surface area contributed by atoms with Crippen molar-refractivity contribution in [3.05, 3.63) is 131 Å². The van der Waals surface area contributed by atoms with Gasteiger partial charge in [-0.1, -0.05) is 46.3 Å². The number of piperidine rings is 1. The van der Waals surface area contributed by atoms with Crippen LogP contribution in [0, 0.1) is 16.0 Å². The summed E-state index contributed by atoms with van der Waals surface area (Å²) in [5.41, 5.74) is -6.37. The number of sulfonamides is 2. The molecule has 2 fully saturated rings. The SMILES string of the molecule is Cn1c(=O)n2n(c1=O)C13CC(COC(=O)c4ccccc4)C24CN(S(=O)(=O)c2ccc(Br)cc2)CC4=C1CN(S(=O)(=O)c1ccccc1[N+](=O)[O-])CC3NC(=O)OC(C)(C)C. The van der Waals surface area contributed by atoms with E-state index in [1.165, 1.54) is 36.0 Å². The summed E-state index contributed by atoms with van der Waals surface area (Å²) in [6, 6.07) is 17.3. The third-order valence-corrected chi connectivity index (χ3v) is 16.0. The number of ether oxygens (including phenoxy) is 2. The Morgan fingerprint density at radius 3 is 2.10 bits per heavy atom.